The van der Waals surface area contributed by atoms with E-state index in [1.165, 1.54) is 11.3 Å². The summed E-state index contributed by atoms with van der Waals surface area (Å²) in [5.74, 6) is -0.359. The Morgan fingerprint density at radius 2 is 1.97 bits per heavy atom. The molecule has 1 aliphatic rings. The number of carbonyl (C=O) groups is 3. The lowest BCUT2D eigenvalue weighted by Crippen LogP contribution is -2.33. The summed E-state index contributed by atoms with van der Waals surface area (Å²) in [6.07, 6.45) is 1.36. The Bertz CT molecular complexity index is 989. The van der Waals surface area contributed by atoms with Crippen LogP contribution >= 0.6 is 23.1 Å². The lowest BCUT2D eigenvalue weighted by Gasteiger charge is -2.24. The Labute approximate surface area is 177 Å². The quantitative estimate of drug-likeness (QED) is 0.683. The van der Waals surface area contributed by atoms with E-state index in [-0.39, 0.29) is 17.2 Å². The Morgan fingerprint density at radius 3 is 2.62 bits per heavy atom. The summed E-state index contributed by atoms with van der Waals surface area (Å²) in [5, 5.41) is 1.91. The highest BCUT2D eigenvalue weighted by Crippen LogP contribution is 2.33. The van der Waals surface area contributed by atoms with Crippen LogP contribution in [0.4, 0.5) is 9.59 Å². The molecule has 0 aliphatic carbocycles. The van der Waals surface area contributed by atoms with Crippen molar-refractivity contribution in [3.63, 3.8) is 0 Å². The van der Waals surface area contributed by atoms with Gasteiger partial charge in [0.2, 0.25) is 0 Å². The average Bonchev–Trinajstić information content (AvgIpc) is 3.20. The molecule has 0 bridgehead atoms. The van der Waals surface area contributed by atoms with Gasteiger partial charge in [-0.2, -0.15) is 0 Å². The number of thioether (sulfide) groups is 1. The summed E-state index contributed by atoms with van der Waals surface area (Å²) in [6, 6.07) is 11.8. The summed E-state index contributed by atoms with van der Waals surface area (Å²) in [7, 11) is 1.71. The number of ether oxygens (including phenoxy) is 1. The van der Waals surface area contributed by atoms with E-state index in [1.54, 1.807) is 18.0 Å². The number of imide groups is 1. The first-order chi connectivity index (χ1) is 13.6. The average molecular weight is 431 g/mol. The standard InChI is InChI=1S/C21H22N2O4S2/c1-21(2,3)27-20(26)23(4)12-13-6-5-7-14(10-13)16-9-8-15(28-16)11-17-18(24)22-19(25)29-17/h5-11H,12H2,1-4H3,(H,22,24,25). The number of thiophene rings is 1. The Balaban J connectivity index is 1.72. The van der Waals surface area contributed by atoms with Gasteiger partial charge in [-0.25, -0.2) is 4.79 Å². The van der Waals surface area contributed by atoms with Crippen molar-refractivity contribution in [1.29, 1.82) is 0 Å². The van der Waals surface area contributed by atoms with Gasteiger partial charge in [0.1, 0.15) is 5.60 Å². The second kappa shape index (κ2) is 8.42. The second-order valence-electron chi connectivity index (χ2n) is 7.59. The van der Waals surface area contributed by atoms with Gasteiger partial charge in [0.15, 0.2) is 0 Å². The van der Waals surface area contributed by atoms with Crippen molar-refractivity contribution in [3.8, 4) is 10.4 Å². The van der Waals surface area contributed by atoms with E-state index in [9.17, 15) is 14.4 Å². The smallest absolute Gasteiger partial charge is 0.410 e. The van der Waals surface area contributed by atoms with Gasteiger partial charge in [-0.05, 0) is 67.9 Å². The SMILES string of the molecule is CN(Cc1cccc(-c2ccc(C=C3SC(=O)NC3=O)s2)c1)C(=O)OC(C)(C)C. The number of nitrogens with zero attached hydrogens (tertiary/aromatic N) is 1. The maximum atomic E-state index is 12.2. The predicted molar refractivity (Wildman–Crippen MR) is 117 cm³/mol. The normalized spacial score (nSPS) is 15.5. The summed E-state index contributed by atoms with van der Waals surface area (Å²) < 4.78 is 5.39. The van der Waals surface area contributed by atoms with Crippen molar-refractivity contribution in [2.45, 2.75) is 32.9 Å². The fraction of sp³-hybridized carbons (Fsp3) is 0.286. The van der Waals surface area contributed by atoms with Crippen molar-refractivity contribution >= 4 is 46.4 Å². The molecule has 1 N–H and O–H groups in total. The molecule has 0 radical (unpaired) electrons. The molecule has 1 aromatic carbocycles. The van der Waals surface area contributed by atoms with Gasteiger partial charge in [-0.3, -0.25) is 14.9 Å². The fourth-order valence-corrected chi connectivity index (χ4v) is 4.33. The van der Waals surface area contributed by atoms with Gasteiger partial charge in [-0.15, -0.1) is 11.3 Å². The number of rotatable bonds is 4. The number of nitrogens with one attached hydrogen (secondary N) is 1. The third kappa shape index (κ3) is 5.71. The lowest BCUT2D eigenvalue weighted by atomic mass is 10.1. The van der Waals surface area contributed by atoms with E-state index >= 15 is 0 Å². The molecular formula is C21H22N2O4S2. The number of hydrogen-bond acceptors (Lipinski definition) is 6. The van der Waals surface area contributed by atoms with Gasteiger partial charge in [0.25, 0.3) is 11.1 Å². The second-order valence-corrected chi connectivity index (χ2v) is 9.72. The first kappa shape index (κ1) is 21.1. The van der Waals surface area contributed by atoms with E-state index in [0.717, 1.165) is 32.6 Å². The predicted octanol–water partition coefficient (Wildman–Crippen LogP) is 5.11. The molecule has 1 fully saturated rings. The molecule has 0 unspecified atom stereocenters. The first-order valence-corrected chi connectivity index (χ1v) is 10.6. The highest BCUT2D eigenvalue weighted by atomic mass is 32.2. The van der Waals surface area contributed by atoms with Crippen LogP contribution in [0.25, 0.3) is 16.5 Å². The van der Waals surface area contributed by atoms with E-state index < -0.39 is 5.60 Å². The highest BCUT2D eigenvalue weighted by molar-refractivity contribution is 8.18. The molecule has 1 aliphatic heterocycles. The van der Waals surface area contributed by atoms with Crippen molar-refractivity contribution in [2.24, 2.45) is 0 Å². The molecule has 1 saturated heterocycles. The van der Waals surface area contributed by atoms with Crippen molar-refractivity contribution in [2.75, 3.05) is 7.05 Å². The van der Waals surface area contributed by atoms with Crippen LogP contribution < -0.4 is 5.32 Å². The molecule has 0 atom stereocenters. The topological polar surface area (TPSA) is 75.7 Å². The number of hydrogen-bond donors (Lipinski definition) is 1. The minimum absolute atomic E-state index is 0.347. The molecule has 2 heterocycles. The van der Waals surface area contributed by atoms with Gasteiger partial charge < -0.3 is 9.64 Å². The van der Waals surface area contributed by atoms with Crippen LogP contribution in [0.15, 0.2) is 41.3 Å². The molecule has 3 rings (SSSR count). The summed E-state index contributed by atoms with van der Waals surface area (Å²) in [5.41, 5.74) is 1.48. The zero-order valence-corrected chi connectivity index (χ0v) is 18.3. The van der Waals surface area contributed by atoms with Crippen molar-refractivity contribution in [1.82, 2.24) is 10.2 Å². The highest BCUT2D eigenvalue weighted by Gasteiger charge is 2.25. The molecule has 1 aromatic heterocycles. The first-order valence-electron chi connectivity index (χ1n) is 8.99. The Kier molecular flexibility index (Phi) is 6.14. The third-order valence-electron chi connectivity index (χ3n) is 3.88. The summed E-state index contributed by atoms with van der Waals surface area (Å²) >= 11 is 2.44. The zero-order valence-electron chi connectivity index (χ0n) is 16.6. The Morgan fingerprint density at radius 1 is 1.21 bits per heavy atom. The molecule has 8 heteroatoms. The largest absolute Gasteiger partial charge is 0.444 e. The number of carbonyl (C=O) groups excluding carboxylic acids is 3. The monoisotopic (exact) mass is 430 g/mol. The van der Waals surface area contributed by atoms with Crippen LogP contribution in [0.2, 0.25) is 0 Å². The molecule has 0 saturated carbocycles. The van der Waals surface area contributed by atoms with Crippen LogP contribution in [0.3, 0.4) is 0 Å². The molecule has 0 spiro atoms. The van der Waals surface area contributed by atoms with Crippen LogP contribution in [0.5, 0.6) is 0 Å². The van der Waals surface area contributed by atoms with E-state index in [2.05, 4.69) is 5.32 Å². The molecule has 3 amide bonds. The molecule has 152 valence electrons. The lowest BCUT2D eigenvalue weighted by molar-refractivity contribution is -0.115. The molecule has 2 aromatic rings. The third-order valence-corrected chi connectivity index (χ3v) is 5.77. The maximum Gasteiger partial charge on any atom is 0.410 e. The zero-order chi connectivity index (χ0) is 21.2. The number of amides is 3. The fourth-order valence-electron chi connectivity index (χ4n) is 2.64. The van der Waals surface area contributed by atoms with Gasteiger partial charge in [0.05, 0.1) is 4.91 Å². The van der Waals surface area contributed by atoms with Gasteiger partial charge >= 0.3 is 6.09 Å². The summed E-state index contributed by atoms with van der Waals surface area (Å²) in [4.78, 5) is 39.0. The molecular weight excluding hydrogens is 408 g/mol. The minimum atomic E-state index is -0.534. The van der Waals surface area contributed by atoms with Gasteiger partial charge in [-0.1, -0.05) is 18.2 Å². The maximum absolute atomic E-state index is 12.2. The van der Waals surface area contributed by atoms with E-state index in [1.807, 2.05) is 57.2 Å². The van der Waals surface area contributed by atoms with Gasteiger partial charge in [0, 0.05) is 23.3 Å². The van der Waals surface area contributed by atoms with Crippen LogP contribution in [0, 0.1) is 0 Å². The van der Waals surface area contributed by atoms with Crippen molar-refractivity contribution < 1.29 is 19.1 Å². The summed E-state index contributed by atoms with van der Waals surface area (Å²) in [6.45, 7) is 5.95. The Hall–Kier alpha value is -2.58. The van der Waals surface area contributed by atoms with Crippen molar-refractivity contribution in [3.05, 3.63) is 51.7 Å². The molecule has 29 heavy (non-hydrogen) atoms. The molecule has 6 nitrogen and oxygen atoms in total. The van der Waals surface area contributed by atoms with E-state index in [0.29, 0.717) is 11.4 Å². The minimum Gasteiger partial charge on any atom is -0.444 e. The van der Waals surface area contributed by atoms with Crippen LogP contribution in [0.1, 0.15) is 31.2 Å². The number of benzene rings is 1. The van der Waals surface area contributed by atoms with E-state index in [4.69, 9.17) is 4.74 Å². The van der Waals surface area contributed by atoms with Crippen LogP contribution in [-0.2, 0) is 16.1 Å². The van der Waals surface area contributed by atoms with Crippen LogP contribution in [-0.4, -0.2) is 34.8 Å².